The zero-order chi connectivity index (χ0) is 18.4. The van der Waals surface area contributed by atoms with Gasteiger partial charge in [0.25, 0.3) is 0 Å². The molecule has 3 aromatic rings. The summed E-state index contributed by atoms with van der Waals surface area (Å²) in [6, 6.07) is 19.4. The van der Waals surface area contributed by atoms with Crippen molar-refractivity contribution in [2.75, 3.05) is 13.2 Å². The van der Waals surface area contributed by atoms with Gasteiger partial charge in [-0.3, -0.25) is 4.79 Å². The third-order valence-corrected chi connectivity index (χ3v) is 4.80. The highest BCUT2D eigenvalue weighted by atomic mass is 35.5. The van der Waals surface area contributed by atoms with Crippen molar-refractivity contribution in [1.82, 2.24) is 5.32 Å². The minimum absolute atomic E-state index is 0.0161. The maximum atomic E-state index is 12.0. The van der Waals surface area contributed by atoms with E-state index in [1.165, 1.54) is 0 Å². The van der Waals surface area contributed by atoms with Crippen LogP contribution in [0, 0.1) is 0 Å². The van der Waals surface area contributed by atoms with Gasteiger partial charge in [0, 0.05) is 11.8 Å². The van der Waals surface area contributed by atoms with Gasteiger partial charge in [-0.2, -0.15) is 0 Å². The third kappa shape index (κ3) is 4.90. The molecule has 3 aromatic carbocycles. The summed E-state index contributed by atoms with van der Waals surface area (Å²) in [6.45, 7) is 0.885. The number of carbonyl (C=O) groups is 1. The van der Waals surface area contributed by atoms with Crippen molar-refractivity contribution in [3.05, 3.63) is 76.3 Å². The van der Waals surface area contributed by atoms with Crippen LogP contribution in [-0.2, 0) is 11.2 Å². The van der Waals surface area contributed by atoms with Crippen LogP contribution < -0.4 is 10.1 Å². The molecule has 0 saturated carbocycles. The molecule has 0 bridgehead atoms. The molecule has 5 heteroatoms. The molecule has 1 amide bonds. The Balaban J connectivity index is 1.43. The normalized spacial score (nSPS) is 10.7. The van der Waals surface area contributed by atoms with E-state index in [1.807, 2.05) is 48.5 Å². The smallest absolute Gasteiger partial charge is 0.220 e. The molecule has 0 fully saturated rings. The first kappa shape index (κ1) is 18.6. The number of aryl methyl sites for hydroxylation is 1. The fourth-order valence-corrected chi connectivity index (χ4v) is 3.04. The minimum atomic E-state index is -0.0161. The van der Waals surface area contributed by atoms with E-state index in [4.69, 9.17) is 27.9 Å². The van der Waals surface area contributed by atoms with Crippen LogP contribution >= 0.6 is 23.2 Å². The number of halogens is 2. The van der Waals surface area contributed by atoms with Gasteiger partial charge in [-0.05, 0) is 35.6 Å². The maximum absolute atomic E-state index is 12.0. The summed E-state index contributed by atoms with van der Waals surface area (Å²) in [5, 5.41) is 6.11. The van der Waals surface area contributed by atoms with Gasteiger partial charge >= 0.3 is 0 Å². The molecular formula is C21H19Cl2NO2. The SMILES string of the molecule is O=C(CCc1ccc(Cl)c(Cl)c1)NCCOc1cccc2ccccc12. The molecule has 0 aliphatic heterocycles. The molecule has 0 aliphatic carbocycles. The van der Waals surface area contributed by atoms with Crippen molar-refractivity contribution < 1.29 is 9.53 Å². The van der Waals surface area contributed by atoms with Gasteiger partial charge in [0.15, 0.2) is 0 Å². The van der Waals surface area contributed by atoms with Crippen LogP contribution in [0.4, 0.5) is 0 Å². The second kappa shape index (κ2) is 8.93. The van der Waals surface area contributed by atoms with E-state index < -0.39 is 0 Å². The predicted octanol–water partition coefficient (Wildman–Crippen LogP) is 5.27. The van der Waals surface area contributed by atoms with Gasteiger partial charge < -0.3 is 10.1 Å². The molecule has 0 heterocycles. The number of carbonyl (C=O) groups excluding carboxylic acids is 1. The third-order valence-electron chi connectivity index (χ3n) is 4.06. The lowest BCUT2D eigenvalue weighted by atomic mass is 10.1. The minimum Gasteiger partial charge on any atom is -0.491 e. The predicted molar refractivity (Wildman–Crippen MR) is 107 cm³/mol. The topological polar surface area (TPSA) is 38.3 Å². The first-order chi connectivity index (χ1) is 12.6. The van der Waals surface area contributed by atoms with Crippen molar-refractivity contribution in [2.24, 2.45) is 0 Å². The fraction of sp³-hybridized carbons (Fsp3) is 0.190. The summed E-state index contributed by atoms with van der Waals surface area (Å²) >= 11 is 11.9. The Bertz CT molecular complexity index is 906. The molecule has 134 valence electrons. The molecule has 0 spiro atoms. The highest BCUT2D eigenvalue weighted by Gasteiger charge is 2.05. The molecule has 0 atom stereocenters. The largest absolute Gasteiger partial charge is 0.491 e. The van der Waals surface area contributed by atoms with Crippen LogP contribution in [0.5, 0.6) is 5.75 Å². The number of amides is 1. The lowest BCUT2D eigenvalue weighted by Gasteiger charge is -2.10. The van der Waals surface area contributed by atoms with E-state index >= 15 is 0 Å². The lowest BCUT2D eigenvalue weighted by molar-refractivity contribution is -0.121. The first-order valence-corrected chi connectivity index (χ1v) is 9.20. The Labute approximate surface area is 162 Å². The number of fused-ring (bicyclic) bond motifs is 1. The fourth-order valence-electron chi connectivity index (χ4n) is 2.71. The van der Waals surface area contributed by atoms with Gasteiger partial charge in [-0.1, -0.05) is 65.7 Å². The molecule has 0 radical (unpaired) electrons. The highest BCUT2D eigenvalue weighted by molar-refractivity contribution is 6.42. The van der Waals surface area contributed by atoms with Gasteiger partial charge in [-0.15, -0.1) is 0 Å². The number of ether oxygens (including phenoxy) is 1. The second-order valence-electron chi connectivity index (χ2n) is 5.92. The summed E-state index contributed by atoms with van der Waals surface area (Å²) in [5.74, 6) is 0.811. The molecule has 26 heavy (non-hydrogen) atoms. The van der Waals surface area contributed by atoms with Crippen LogP contribution in [0.2, 0.25) is 10.0 Å². The zero-order valence-electron chi connectivity index (χ0n) is 14.2. The van der Waals surface area contributed by atoms with Crippen LogP contribution in [0.1, 0.15) is 12.0 Å². The van der Waals surface area contributed by atoms with Gasteiger partial charge in [0.05, 0.1) is 16.6 Å². The molecule has 3 rings (SSSR count). The molecule has 1 N–H and O–H groups in total. The van der Waals surface area contributed by atoms with Crippen LogP contribution in [-0.4, -0.2) is 19.1 Å². The van der Waals surface area contributed by atoms with E-state index in [9.17, 15) is 4.79 Å². The second-order valence-corrected chi connectivity index (χ2v) is 6.74. The van der Waals surface area contributed by atoms with Gasteiger partial charge in [0.2, 0.25) is 5.91 Å². The van der Waals surface area contributed by atoms with E-state index in [1.54, 1.807) is 12.1 Å². The highest BCUT2D eigenvalue weighted by Crippen LogP contribution is 2.25. The summed E-state index contributed by atoms with van der Waals surface area (Å²) < 4.78 is 5.81. The van der Waals surface area contributed by atoms with Gasteiger partial charge in [0.1, 0.15) is 12.4 Å². The molecule has 0 aliphatic rings. The standard InChI is InChI=1S/C21H19Cl2NO2/c22-18-10-8-15(14-19(18)23)9-11-21(25)24-12-13-26-20-7-3-5-16-4-1-2-6-17(16)20/h1-8,10,14H,9,11-13H2,(H,24,25). The van der Waals surface area contributed by atoms with Crippen molar-refractivity contribution in [2.45, 2.75) is 12.8 Å². The maximum Gasteiger partial charge on any atom is 0.220 e. The van der Waals surface area contributed by atoms with Gasteiger partial charge in [-0.25, -0.2) is 0 Å². The van der Waals surface area contributed by atoms with E-state index in [0.717, 1.165) is 22.1 Å². The van der Waals surface area contributed by atoms with Crippen LogP contribution in [0.3, 0.4) is 0 Å². The molecular weight excluding hydrogens is 369 g/mol. The zero-order valence-corrected chi connectivity index (χ0v) is 15.7. The van der Waals surface area contributed by atoms with Crippen LogP contribution in [0.25, 0.3) is 10.8 Å². The monoisotopic (exact) mass is 387 g/mol. The van der Waals surface area contributed by atoms with Crippen molar-refractivity contribution in [3.8, 4) is 5.75 Å². The molecule has 0 aromatic heterocycles. The Kier molecular flexibility index (Phi) is 6.37. The summed E-state index contributed by atoms with van der Waals surface area (Å²) in [5.41, 5.74) is 0.988. The summed E-state index contributed by atoms with van der Waals surface area (Å²) in [7, 11) is 0. The Morgan fingerprint density at radius 1 is 0.962 bits per heavy atom. The number of hydrogen-bond acceptors (Lipinski definition) is 2. The van der Waals surface area contributed by atoms with E-state index in [2.05, 4.69) is 5.32 Å². The van der Waals surface area contributed by atoms with E-state index in [0.29, 0.717) is 36.0 Å². The van der Waals surface area contributed by atoms with Crippen LogP contribution in [0.15, 0.2) is 60.7 Å². The van der Waals surface area contributed by atoms with E-state index in [-0.39, 0.29) is 5.91 Å². The summed E-state index contributed by atoms with van der Waals surface area (Å²) in [6.07, 6.45) is 1.01. The Hall–Kier alpha value is -2.23. The first-order valence-electron chi connectivity index (χ1n) is 8.44. The Morgan fingerprint density at radius 2 is 1.77 bits per heavy atom. The average molecular weight is 388 g/mol. The Morgan fingerprint density at radius 3 is 2.62 bits per heavy atom. The number of rotatable bonds is 7. The van der Waals surface area contributed by atoms with Crippen molar-refractivity contribution in [3.63, 3.8) is 0 Å². The molecule has 0 unspecified atom stereocenters. The van der Waals surface area contributed by atoms with Crippen molar-refractivity contribution >= 4 is 39.9 Å². The lowest BCUT2D eigenvalue weighted by Crippen LogP contribution is -2.28. The van der Waals surface area contributed by atoms with Crippen molar-refractivity contribution in [1.29, 1.82) is 0 Å². The molecule has 0 saturated heterocycles. The molecule has 3 nitrogen and oxygen atoms in total. The number of benzene rings is 3. The summed E-state index contributed by atoms with van der Waals surface area (Å²) in [4.78, 5) is 12.0. The average Bonchev–Trinajstić information content (AvgIpc) is 2.66. The quantitative estimate of drug-likeness (QED) is 0.560. The number of nitrogens with one attached hydrogen (secondary N) is 1. The number of hydrogen-bond donors (Lipinski definition) is 1.